The third-order valence-corrected chi connectivity index (χ3v) is 5.78. The van der Waals surface area contributed by atoms with E-state index >= 15 is 0 Å². The molecule has 154 valence electrons. The maximum absolute atomic E-state index is 13.6. The number of piperidine rings is 1. The van der Waals surface area contributed by atoms with Crippen LogP contribution in [0.4, 0.5) is 10.1 Å². The van der Waals surface area contributed by atoms with Gasteiger partial charge in [0, 0.05) is 25.3 Å². The molecular formula is C23H27FN2O3. The molecule has 0 unspecified atom stereocenters. The van der Waals surface area contributed by atoms with Gasteiger partial charge in [-0.05, 0) is 55.7 Å². The Kier molecular flexibility index (Phi) is 5.83. The molecule has 0 radical (unpaired) electrons. The zero-order valence-corrected chi connectivity index (χ0v) is 16.8. The Morgan fingerprint density at radius 2 is 1.90 bits per heavy atom. The van der Waals surface area contributed by atoms with Crippen LogP contribution in [0.15, 0.2) is 48.5 Å². The van der Waals surface area contributed by atoms with E-state index in [1.807, 2.05) is 19.1 Å². The molecule has 29 heavy (non-hydrogen) atoms. The summed E-state index contributed by atoms with van der Waals surface area (Å²) in [6.07, 6.45) is 1.70. The van der Waals surface area contributed by atoms with Gasteiger partial charge in [0.25, 0.3) is 5.91 Å². The van der Waals surface area contributed by atoms with Crippen molar-refractivity contribution < 1.29 is 18.7 Å². The summed E-state index contributed by atoms with van der Waals surface area (Å²) in [5, 5.41) is 0. The average Bonchev–Trinajstić information content (AvgIpc) is 2.73. The normalized spacial score (nSPS) is 19.5. The van der Waals surface area contributed by atoms with Gasteiger partial charge in [-0.15, -0.1) is 0 Å². The molecule has 0 bridgehead atoms. The summed E-state index contributed by atoms with van der Waals surface area (Å²) < 4.78 is 25.1. The zero-order chi connectivity index (χ0) is 20.3. The molecule has 2 fully saturated rings. The number of hydrogen-bond donors (Lipinski definition) is 0. The molecule has 2 heterocycles. The summed E-state index contributed by atoms with van der Waals surface area (Å²) in [7, 11) is 0. The minimum atomic E-state index is -0.352. The molecule has 2 saturated heterocycles. The molecule has 6 heteroatoms. The highest BCUT2D eigenvalue weighted by Crippen LogP contribution is 2.33. The third kappa shape index (κ3) is 4.60. The molecule has 0 saturated carbocycles. The SMILES string of the molecule is CCOc1ccc(CN2CCC3(CC2)CN(c2cccc(F)c2)C(=O)CO3)cc1. The average molecular weight is 398 g/mol. The van der Waals surface area contributed by atoms with E-state index in [4.69, 9.17) is 9.47 Å². The molecule has 2 aromatic carbocycles. The first kappa shape index (κ1) is 19.9. The van der Waals surface area contributed by atoms with E-state index in [0.29, 0.717) is 18.8 Å². The largest absolute Gasteiger partial charge is 0.494 e. The van der Waals surface area contributed by atoms with Gasteiger partial charge in [0.15, 0.2) is 0 Å². The summed E-state index contributed by atoms with van der Waals surface area (Å²) >= 11 is 0. The minimum absolute atomic E-state index is 0.0510. The first-order valence-electron chi connectivity index (χ1n) is 10.2. The Labute approximate surface area is 171 Å². The fourth-order valence-corrected chi connectivity index (χ4v) is 4.13. The molecule has 2 aliphatic heterocycles. The Morgan fingerprint density at radius 3 is 2.59 bits per heavy atom. The fraction of sp³-hybridized carbons (Fsp3) is 0.435. The predicted molar refractivity (Wildman–Crippen MR) is 110 cm³/mol. The molecule has 2 aliphatic rings. The lowest BCUT2D eigenvalue weighted by atomic mass is 9.88. The van der Waals surface area contributed by atoms with Crippen LogP contribution in [-0.2, 0) is 16.1 Å². The number of rotatable bonds is 5. The van der Waals surface area contributed by atoms with Gasteiger partial charge in [0.1, 0.15) is 18.2 Å². The Balaban J connectivity index is 1.37. The van der Waals surface area contributed by atoms with Crippen LogP contribution in [0.5, 0.6) is 5.75 Å². The molecule has 1 spiro atoms. The second-order valence-corrected chi connectivity index (χ2v) is 7.78. The van der Waals surface area contributed by atoms with Gasteiger partial charge in [-0.3, -0.25) is 9.69 Å². The number of likely N-dealkylation sites (tertiary alicyclic amines) is 1. The van der Waals surface area contributed by atoms with E-state index in [0.717, 1.165) is 38.2 Å². The van der Waals surface area contributed by atoms with Crippen molar-refractivity contribution in [3.05, 3.63) is 59.9 Å². The lowest BCUT2D eigenvalue weighted by Gasteiger charge is -2.47. The first-order valence-corrected chi connectivity index (χ1v) is 10.2. The number of carbonyl (C=O) groups is 1. The molecule has 0 N–H and O–H groups in total. The Bertz CT molecular complexity index is 847. The third-order valence-electron chi connectivity index (χ3n) is 5.78. The van der Waals surface area contributed by atoms with Crippen LogP contribution >= 0.6 is 0 Å². The van der Waals surface area contributed by atoms with Gasteiger partial charge < -0.3 is 14.4 Å². The summed E-state index contributed by atoms with van der Waals surface area (Å²) in [5.74, 6) is 0.450. The van der Waals surface area contributed by atoms with Gasteiger partial charge in [0.05, 0.1) is 18.8 Å². The Morgan fingerprint density at radius 1 is 1.14 bits per heavy atom. The van der Waals surface area contributed by atoms with Crippen molar-refractivity contribution in [2.24, 2.45) is 0 Å². The lowest BCUT2D eigenvalue weighted by Crippen LogP contribution is -2.58. The lowest BCUT2D eigenvalue weighted by molar-refractivity contribution is -0.144. The molecule has 2 aromatic rings. The van der Waals surface area contributed by atoms with Crippen molar-refractivity contribution in [1.82, 2.24) is 4.90 Å². The highest BCUT2D eigenvalue weighted by atomic mass is 19.1. The molecule has 1 amide bonds. The van der Waals surface area contributed by atoms with E-state index in [-0.39, 0.29) is 23.9 Å². The number of ether oxygens (including phenoxy) is 2. The molecule has 0 aromatic heterocycles. The molecule has 0 aliphatic carbocycles. The van der Waals surface area contributed by atoms with Crippen molar-refractivity contribution in [3.63, 3.8) is 0 Å². The van der Waals surface area contributed by atoms with Crippen LogP contribution < -0.4 is 9.64 Å². The smallest absolute Gasteiger partial charge is 0.253 e. The first-order chi connectivity index (χ1) is 14.1. The molecule has 5 nitrogen and oxygen atoms in total. The second-order valence-electron chi connectivity index (χ2n) is 7.78. The van der Waals surface area contributed by atoms with Crippen LogP contribution in [0, 0.1) is 5.82 Å². The highest BCUT2D eigenvalue weighted by Gasteiger charge is 2.42. The van der Waals surface area contributed by atoms with Crippen LogP contribution in [-0.4, -0.2) is 49.3 Å². The summed E-state index contributed by atoms with van der Waals surface area (Å²) in [6, 6.07) is 14.5. The topological polar surface area (TPSA) is 42.0 Å². The van der Waals surface area contributed by atoms with Gasteiger partial charge >= 0.3 is 0 Å². The minimum Gasteiger partial charge on any atom is -0.494 e. The maximum atomic E-state index is 13.6. The summed E-state index contributed by atoms with van der Waals surface area (Å²) in [5.41, 5.74) is 1.51. The molecular weight excluding hydrogens is 371 g/mol. The van der Waals surface area contributed by atoms with Crippen LogP contribution in [0.3, 0.4) is 0 Å². The monoisotopic (exact) mass is 398 g/mol. The number of anilines is 1. The summed E-state index contributed by atoms with van der Waals surface area (Å²) in [6.45, 7) is 5.86. The number of carbonyl (C=O) groups excluding carboxylic acids is 1. The van der Waals surface area contributed by atoms with Crippen LogP contribution in [0.1, 0.15) is 25.3 Å². The fourth-order valence-electron chi connectivity index (χ4n) is 4.13. The van der Waals surface area contributed by atoms with Gasteiger partial charge in [-0.2, -0.15) is 0 Å². The van der Waals surface area contributed by atoms with Crippen molar-refractivity contribution >= 4 is 11.6 Å². The van der Waals surface area contributed by atoms with Crippen molar-refractivity contribution in [2.75, 3.05) is 37.7 Å². The van der Waals surface area contributed by atoms with Gasteiger partial charge in [0.2, 0.25) is 0 Å². The van der Waals surface area contributed by atoms with E-state index in [1.54, 1.807) is 17.0 Å². The number of hydrogen-bond acceptors (Lipinski definition) is 4. The predicted octanol–water partition coefficient (Wildman–Crippen LogP) is 3.62. The number of benzene rings is 2. The van der Waals surface area contributed by atoms with E-state index in [1.165, 1.54) is 17.7 Å². The van der Waals surface area contributed by atoms with E-state index in [9.17, 15) is 9.18 Å². The molecule has 4 rings (SSSR count). The van der Waals surface area contributed by atoms with Crippen molar-refractivity contribution in [1.29, 1.82) is 0 Å². The van der Waals surface area contributed by atoms with Gasteiger partial charge in [-0.1, -0.05) is 18.2 Å². The highest BCUT2D eigenvalue weighted by molar-refractivity contribution is 5.95. The summed E-state index contributed by atoms with van der Waals surface area (Å²) in [4.78, 5) is 16.5. The van der Waals surface area contributed by atoms with Crippen LogP contribution in [0.25, 0.3) is 0 Å². The standard InChI is InChI=1S/C23H27FN2O3/c1-2-28-21-8-6-18(7-9-21)15-25-12-10-23(11-13-25)17-26(22(27)16-29-23)20-5-3-4-19(24)14-20/h3-9,14H,2,10-13,15-17H2,1H3. The quantitative estimate of drug-likeness (QED) is 0.772. The number of morpholine rings is 1. The second kappa shape index (κ2) is 8.51. The molecule has 0 atom stereocenters. The van der Waals surface area contributed by atoms with E-state index in [2.05, 4.69) is 17.0 Å². The Hall–Kier alpha value is -2.44. The van der Waals surface area contributed by atoms with E-state index < -0.39 is 0 Å². The van der Waals surface area contributed by atoms with Gasteiger partial charge in [-0.25, -0.2) is 4.39 Å². The van der Waals surface area contributed by atoms with Crippen molar-refractivity contribution in [2.45, 2.75) is 31.9 Å². The van der Waals surface area contributed by atoms with Crippen LogP contribution in [0.2, 0.25) is 0 Å². The number of halogens is 1. The zero-order valence-electron chi connectivity index (χ0n) is 16.8. The van der Waals surface area contributed by atoms with Crippen molar-refractivity contribution in [3.8, 4) is 5.75 Å². The number of nitrogens with zero attached hydrogens (tertiary/aromatic N) is 2. The number of amides is 1. The maximum Gasteiger partial charge on any atom is 0.253 e.